The molecule has 1 amide bonds. The number of nitrogen functional groups attached to an aromatic ring is 1. The molecule has 0 saturated heterocycles. The Morgan fingerprint density at radius 1 is 1.54 bits per heavy atom. The van der Waals surface area contributed by atoms with Gasteiger partial charge in [-0.2, -0.15) is 0 Å². The molecule has 0 atom stereocenters. The van der Waals surface area contributed by atoms with Gasteiger partial charge < -0.3 is 16.8 Å². The summed E-state index contributed by atoms with van der Waals surface area (Å²) in [5.41, 5.74) is 12.6. The van der Waals surface area contributed by atoms with Gasteiger partial charge in [0.2, 0.25) is 0 Å². The smallest absolute Gasteiger partial charge is 0.251 e. The Labute approximate surface area is 79.9 Å². The van der Waals surface area contributed by atoms with Crippen molar-refractivity contribution in [2.24, 2.45) is 5.73 Å². The molecule has 1 aliphatic rings. The van der Waals surface area contributed by atoms with Gasteiger partial charge in [-0.25, -0.2) is 0 Å². The van der Waals surface area contributed by atoms with E-state index >= 15 is 0 Å². The third kappa shape index (κ3) is 1.30. The summed E-state index contributed by atoms with van der Waals surface area (Å²) in [4.78, 5) is 12.2. The van der Waals surface area contributed by atoms with Crippen molar-refractivity contribution in [1.82, 2.24) is 5.32 Å². The fourth-order valence-corrected chi connectivity index (χ4v) is 2.72. The molecular weight excluding hydrogens is 186 g/mol. The number of thiophene rings is 1. The minimum absolute atomic E-state index is 0.406. The molecule has 5 N–H and O–H groups in total. The summed E-state index contributed by atoms with van der Waals surface area (Å²) in [7, 11) is 0. The number of nitrogens with one attached hydrogen (secondary N) is 1. The molecule has 0 aliphatic carbocycles. The van der Waals surface area contributed by atoms with Crippen molar-refractivity contribution in [3.05, 3.63) is 16.0 Å². The van der Waals surface area contributed by atoms with Gasteiger partial charge in [0.25, 0.3) is 5.91 Å². The van der Waals surface area contributed by atoms with Crippen molar-refractivity contribution in [1.29, 1.82) is 0 Å². The Hall–Kier alpha value is -1.07. The molecule has 1 aromatic heterocycles. The summed E-state index contributed by atoms with van der Waals surface area (Å²) in [5.74, 6) is -0.406. The lowest BCUT2D eigenvalue weighted by atomic mass is 10.0. The molecular formula is C8H11N3OS. The van der Waals surface area contributed by atoms with Gasteiger partial charge >= 0.3 is 0 Å². The Morgan fingerprint density at radius 2 is 2.31 bits per heavy atom. The van der Waals surface area contributed by atoms with Crippen molar-refractivity contribution in [2.75, 3.05) is 12.3 Å². The number of amides is 1. The first kappa shape index (κ1) is 8.52. The highest BCUT2D eigenvalue weighted by Crippen LogP contribution is 2.32. The SMILES string of the molecule is NC(=O)c1c(N)sc2c1CCNC2. The first-order chi connectivity index (χ1) is 6.20. The highest BCUT2D eigenvalue weighted by molar-refractivity contribution is 7.16. The predicted molar refractivity (Wildman–Crippen MR) is 52.7 cm³/mol. The van der Waals surface area contributed by atoms with E-state index < -0.39 is 5.91 Å². The first-order valence-corrected chi connectivity index (χ1v) is 4.92. The van der Waals surface area contributed by atoms with E-state index in [0.717, 1.165) is 30.0 Å². The number of fused-ring (bicyclic) bond motifs is 1. The lowest BCUT2D eigenvalue weighted by Gasteiger charge is -2.12. The standard InChI is InChI=1S/C8H11N3OS/c9-7(12)6-4-1-2-11-3-5(4)13-8(6)10/h11H,1-3,10H2,(H2,9,12). The average molecular weight is 197 g/mol. The number of anilines is 1. The molecule has 1 aromatic rings. The van der Waals surface area contributed by atoms with Crippen LogP contribution in [0.5, 0.6) is 0 Å². The molecule has 4 nitrogen and oxygen atoms in total. The highest BCUT2D eigenvalue weighted by atomic mass is 32.1. The van der Waals surface area contributed by atoms with Crippen LogP contribution in [-0.2, 0) is 13.0 Å². The summed E-state index contributed by atoms with van der Waals surface area (Å²) >= 11 is 1.46. The second-order valence-corrected chi connectivity index (χ2v) is 4.17. The van der Waals surface area contributed by atoms with Gasteiger partial charge in [-0.1, -0.05) is 0 Å². The van der Waals surface area contributed by atoms with Crippen molar-refractivity contribution in [3.8, 4) is 0 Å². The maximum Gasteiger partial charge on any atom is 0.251 e. The molecule has 13 heavy (non-hydrogen) atoms. The van der Waals surface area contributed by atoms with Gasteiger partial charge in [0.05, 0.1) is 10.6 Å². The molecule has 0 spiro atoms. The second kappa shape index (κ2) is 3.01. The van der Waals surface area contributed by atoms with Crippen LogP contribution >= 0.6 is 11.3 Å². The third-order valence-corrected chi connectivity index (χ3v) is 3.26. The summed E-state index contributed by atoms with van der Waals surface area (Å²) in [6, 6.07) is 0. The minimum atomic E-state index is -0.406. The number of carbonyl (C=O) groups is 1. The number of nitrogens with two attached hydrogens (primary N) is 2. The molecule has 0 aromatic carbocycles. The van der Waals surface area contributed by atoms with Crippen molar-refractivity contribution < 1.29 is 4.79 Å². The van der Waals surface area contributed by atoms with Crippen LogP contribution < -0.4 is 16.8 Å². The Balaban J connectivity index is 2.54. The largest absolute Gasteiger partial charge is 0.390 e. The number of hydrogen-bond acceptors (Lipinski definition) is 4. The van der Waals surface area contributed by atoms with Gasteiger partial charge in [0.1, 0.15) is 0 Å². The number of hydrogen-bond donors (Lipinski definition) is 3. The molecule has 0 unspecified atom stereocenters. The van der Waals surface area contributed by atoms with Gasteiger partial charge in [-0.15, -0.1) is 11.3 Å². The van der Waals surface area contributed by atoms with Gasteiger partial charge in [-0.3, -0.25) is 4.79 Å². The number of carbonyl (C=O) groups excluding carboxylic acids is 1. The quantitative estimate of drug-likeness (QED) is 0.596. The monoisotopic (exact) mass is 197 g/mol. The summed E-state index contributed by atoms with van der Waals surface area (Å²) in [5, 5.41) is 3.78. The molecule has 0 bridgehead atoms. The Morgan fingerprint density at radius 3 is 3.00 bits per heavy atom. The predicted octanol–water partition coefficient (Wildman–Crippen LogP) is 0.0749. The van der Waals surface area contributed by atoms with Crippen LogP contribution in [0.4, 0.5) is 5.00 Å². The third-order valence-electron chi connectivity index (χ3n) is 2.20. The first-order valence-electron chi connectivity index (χ1n) is 4.10. The number of primary amides is 1. The van der Waals surface area contributed by atoms with Crippen LogP contribution in [0.15, 0.2) is 0 Å². The molecule has 5 heteroatoms. The molecule has 0 fully saturated rings. The maximum atomic E-state index is 11.1. The van der Waals surface area contributed by atoms with Crippen LogP contribution in [0.1, 0.15) is 20.8 Å². The summed E-state index contributed by atoms with van der Waals surface area (Å²) < 4.78 is 0. The van der Waals surface area contributed by atoms with Gasteiger partial charge in [0, 0.05) is 11.4 Å². The molecule has 0 radical (unpaired) electrons. The lowest BCUT2D eigenvalue weighted by Crippen LogP contribution is -2.24. The van der Waals surface area contributed by atoms with Gasteiger partial charge in [-0.05, 0) is 18.5 Å². The van der Waals surface area contributed by atoms with E-state index in [1.54, 1.807) is 0 Å². The zero-order valence-corrected chi connectivity index (χ0v) is 7.91. The molecule has 2 rings (SSSR count). The van der Waals surface area contributed by atoms with Crippen LogP contribution in [0, 0.1) is 0 Å². The minimum Gasteiger partial charge on any atom is -0.390 e. The summed E-state index contributed by atoms with van der Waals surface area (Å²) in [6.45, 7) is 1.70. The van der Waals surface area contributed by atoms with Crippen molar-refractivity contribution in [3.63, 3.8) is 0 Å². The zero-order chi connectivity index (χ0) is 9.42. The van der Waals surface area contributed by atoms with Gasteiger partial charge in [0.15, 0.2) is 0 Å². The van der Waals surface area contributed by atoms with E-state index in [1.165, 1.54) is 11.3 Å². The van der Waals surface area contributed by atoms with Crippen LogP contribution in [0.25, 0.3) is 0 Å². The van der Waals surface area contributed by atoms with E-state index in [9.17, 15) is 4.79 Å². The molecule has 0 saturated carbocycles. The van der Waals surface area contributed by atoms with Crippen LogP contribution in [-0.4, -0.2) is 12.5 Å². The van der Waals surface area contributed by atoms with Crippen molar-refractivity contribution in [2.45, 2.75) is 13.0 Å². The molecule has 2 heterocycles. The highest BCUT2D eigenvalue weighted by Gasteiger charge is 2.21. The summed E-state index contributed by atoms with van der Waals surface area (Å²) in [6.07, 6.45) is 0.849. The molecule has 1 aliphatic heterocycles. The average Bonchev–Trinajstić information content (AvgIpc) is 2.39. The van der Waals surface area contributed by atoms with E-state index in [1.807, 2.05) is 0 Å². The second-order valence-electron chi connectivity index (χ2n) is 3.03. The molecule has 70 valence electrons. The van der Waals surface area contributed by atoms with Crippen LogP contribution in [0.3, 0.4) is 0 Å². The van der Waals surface area contributed by atoms with Crippen LogP contribution in [0.2, 0.25) is 0 Å². The van der Waals surface area contributed by atoms with E-state index in [2.05, 4.69) is 5.32 Å². The normalized spacial score (nSPS) is 15.4. The van der Waals surface area contributed by atoms with E-state index in [4.69, 9.17) is 11.5 Å². The van der Waals surface area contributed by atoms with Crippen molar-refractivity contribution >= 4 is 22.2 Å². The fourth-order valence-electron chi connectivity index (χ4n) is 1.63. The van der Waals surface area contributed by atoms with E-state index in [-0.39, 0.29) is 0 Å². The maximum absolute atomic E-state index is 11.1. The Bertz CT molecular complexity index is 359. The lowest BCUT2D eigenvalue weighted by molar-refractivity contribution is 0.100. The Kier molecular flexibility index (Phi) is 1.97. The zero-order valence-electron chi connectivity index (χ0n) is 7.09. The fraction of sp³-hybridized carbons (Fsp3) is 0.375. The van der Waals surface area contributed by atoms with E-state index in [0.29, 0.717) is 10.6 Å². The number of rotatable bonds is 1. The topological polar surface area (TPSA) is 81.1 Å².